The molecule has 1 aliphatic rings. The molecule has 0 aliphatic heterocycles. The van der Waals surface area contributed by atoms with Crippen molar-refractivity contribution >= 4 is 5.69 Å². The Morgan fingerprint density at radius 1 is 1.00 bits per heavy atom. The van der Waals surface area contributed by atoms with Crippen molar-refractivity contribution in [1.82, 2.24) is 0 Å². The van der Waals surface area contributed by atoms with E-state index in [1.807, 2.05) is 0 Å². The van der Waals surface area contributed by atoms with Gasteiger partial charge in [0.2, 0.25) is 0 Å². The highest BCUT2D eigenvalue weighted by molar-refractivity contribution is 5.51. The minimum atomic E-state index is 0.475. The first-order valence-corrected chi connectivity index (χ1v) is 6.65. The SMILES string of the molecule is Cc1ccc(NC2CCc3ccccc32)cc1C. The van der Waals surface area contributed by atoms with Crippen LogP contribution in [0.5, 0.6) is 0 Å². The first kappa shape index (κ1) is 11.3. The molecular weight excluding hydrogens is 218 g/mol. The molecule has 3 rings (SSSR count). The van der Waals surface area contributed by atoms with Gasteiger partial charge in [0.1, 0.15) is 0 Å². The predicted octanol–water partition coefficient (Wildman–Crippen LogP) is 4.40. The van der Waals surface area contributed by atoms with E-state index in [2.05, 4.69) is 61.6 Å². The third kappa shape index (κ3) is 2.01. The van der Waals surface area contributed by atoms with Crippen LogP contribution in [0.4, 0.5) is 5.69 Å². The second kappa shape index (κ2) is 4.49. The van der Waals surface area contributed by atoms with Gasteiger partial charge >= 0.3 is 0 Å². The first-order chi connectivity index (χ1) is 8.74. The molecule has 0 aromatic heterocycles. The second-order valence-electron chi connectivity index (χ2n) is 5.23. The third-order valence-corrected chi connectivity index (χ3v) is 3.98. The molecule has 2 aromatic carbocycles. The van der Waals surface area contributed by atoms with Gasteiger partial charge in [-0.3, -0.25) is 0 Å². The summed E-state index contributed by atoms with van der Waals surface area (Å²) in [6.45, 7) is 4.33. The zero-order valence-corrected chi connectivity index (χ0v) is 11.0. The summed E-state index contributed by atoms with van der Waals surface area (Å²) in [6, 6.07) is 15.9. The van der Waals surface area contributed by atoms with Crippen LogP contribution in [0.25, 0.3) is 0 Å². The summed E-state index contributed by atoms with van der Waals surface area (Å²) < 4.78 is 0. The lowest BCUT2D eigenvalue weighted by Gasteiger charge is -2.16. The summed E-state index contributed by atoms with van der Waals surface area (Å²) >= 11 is 0. The van der Waals surface area contributed by atoms with E-state index in [0.29, 0.717) is 6.04 Å². The van der Waals surface area contributed by atoms with Gasteiger partial charge in [-0.05, 0) is 61.1 Å². The van der Waals surface area contributed by atoms with Crippen molar-refractivity contribution in [2.45, 2.75) is 32.7 Å². The van der Waals surface area contributed by atoms with Crippen molar-refractivity contribution in [1.29, 1.82) is 0 Å². The largest absolute Gasteiger partial charge is 0.378 e. The van der Waals surface area contributed by atoms with E-state index < -0.39 is 0 Å². The Morgan fingerprint density at radius 2 is 1.83 bits per heavy atom. The summed E-state index contributed by atoms with van der Waals surface area (Å²) in [5.74, 6) is 0. The van der Waals surface area contributed by atoms with Crippen molar-refractivity contribution < 1.29 is 0 Å². The lowest BCUT2D eigenvalue weighted by Crippen LogP contribution is -2.07. The molecular formula is C17H19N. The molecule has 1 aliphatic carbocycles. The van der Waals surface area contributed by atoms with Crippen molar-refractivity contribution in [3.05, 3.63) is 64.7 Å². The Kier molecular flexibility index (Phi) is 2.83. The van der Waals surface area contributed by atoms with E-state index in [-0.39, 0.29) is 0 Å². The molecule has 1 unspecified atom stereocenters. The van der Waals surface area contributed by atoms with E-state index in [4.69, 9.17) is 0 Å². The molecule has 0 spiro atoms. The Labute approximate surface area is 109 Å². The molecule has 1 N–H and O–H groups in total. The number of hydrogen-bond acceptors (Lipinski definition) is 1. The maximum atomic E-state index is 3.67. The average molecular weight is 237 g/mol. The van der Waals surface area contributed by atoms with E-state index in [1.54, 1.807) is 0 Å². The number of rotatable bonds is 2. The Morgan fingerprint density at radius 3 is 2.67 bits per heavy atom. The fourth-order valence-electron chi connectivity index (χ4n) is 2.74. The fourth-order valence-corrected chi connectivity index (χ4v) is 2.74. The summed E-state index contributed by atoms with van der Waals surface area (Å²) in [4.78, 5) is 0. The van der Waals surface area contributed by atoms with Crippen LogP contribution in [0, 0.1) is 13.8 Å². The lowest BCUT2D eigenvalue weighted by molar-refractivity contribution is 0.762. The van der Waals surface area contributed by atoms with Crippen LogP contribution in [-0.2, 0) is 6.42 Å². The highest BCUT2D eigenvalue weighted by Gasteiger charge is 2.21. The van der Waals surface area contributed by atoms with E-state index in [9.17, 15) is 0 Å². The van der Waals surface area contributed by atoms with Gasteiger partial charge < -0.3 is 5.32 Å². The van der Waals surface area contributed by atoms with Crippen LogP contribution < -0.4 is 5.32 Å². The van der Waals surface area contributed by atoms with Gasteiger partial charge in [0.15, 0.2) is 0 Å². The van der Waals surface area contributed by atoms with E-state index in [0.717, 1.165) is 0 Å². The summed E-state index contributed by atoms with van der Waals surface area (Å²) in [6.07, 6.45) is 2.39. The van der Waals surface area contributed by atoms with Crippen molar-refractivity contribution in [2.75, 3.05) is 5.32 Å². The normalized spacial score (nSPS) is 17.6. The van der Waals surface area contributed by atoms with Crippen molar-refractivity contribution in [3.63, 3.8) is 0 Å². The molecule has 92 valence electrons. The topological polar surface area (TPSA) is 12.0 Å². The summed E-state index contributed by atoms with van der Waals surface area (Å²) in [5, 5.41) is 3.67. The molecule has 1 nitrogen and oxygen atoms in total. The molecule has 1 atom stereocenters. The minimum Gasteiger partial charge on any atom is -0.378 e. The van der Waals surface area contributed by atoms with Crippen LogP contribution in [0.2, 0.25) is 0 Å². The molecule has 2 aromatic rings. The highest BCUT2D eigenvalue weighted by atomic mass is 14.9. The minimum absolute atomic E-state index is 0.475. The Bertz CT molecular complexity index is 572. The standard InChI is InChI=1S/C17H19N/c1-12-7-9-15(11-13(12)2)18-17-10-8-14-5-3-4-6-16(14)17/h3-7,9,11,17-18H,8,10H2,1-2H3. The highest BCUT2D eigenvalue weighted by Crippen LogP contribution is 2.33. The molecule has 0 fully saturated rings. The number of nitrogens with one attached hydrogen (secondary N) is 1. The number of benzene rings is 2. The summed E-state index contributed by atoms with van der Waals surface area (Å²) in [7, 11) is 0. The monoisotopic (exact) mass is 237 g/mol. The van der Waals surface area contributed by atoms with Gasteiger partial charge in [-0.1, -0.05) is 30.3 Å². The number of fused-ring (bicyclic) bond motifs is 1. The summed E-state index contributed by atoms with van der Waals surface area (Å²) in [5.41, 5.74) is 6.91. The van der Waals surface area contributed by atoms with Gasteiger partial charge in [-0.2, -0.15) is 0 Å². The number of hydrogen-bond donors (Lipinski definition) is 1. The molecule has 0 radical (unpaired) electrons. The molecule has 18 heavy (non-hydrogen) atoms. The molecule has 0 heterocycles. The molecule has 0 bridgehead atoms. The average Bonchev–Trinajstić information content (AvgIpc) is 2.78. The number of aryl methyl sites for hydroxylation is 3. The van der Waals surface area contributed by atoms with Crippen LogP contribution in [0.1, 0.15) is 34.7 Å². The Hall–Kier alpha value is -1.76. The van der Waals surface area contributed by atoms with Gasteiger partial charge in [0.25, 0.3) is 0 Å². The van der Waals surface area contributed by atoms with Crippen molar-refractivity contribution in [3.8, 4) is 0 Å². The molecule has 0 amide bonds. The molecule has 0 saturated heterocycles. The quantitative estimate of drug-likeness (QED) is 0.816. The lowest BCUT2D eigenvalue weighted by atomic mass is 10.1. The fraction of sp³-hybridized carbons (Fsp3) is 0.294. The van der Waals surface area contributed by atoms with Gasteiger partial charge in [-0.15, -0.1) is 0 Å². The van der Waals surface area contributed by atoms with Crippen LogP contribution >= 0.6 is 0 Å². The predicted molar refractivity (Wildman–Crippen MR) is 77.0 cm³/mol. The van der Waals surface area contributed by atoms with Crippen LogP contribution in [-0.4, -0.2) is 0 Å². The van der Waals surface area contributed by atoms with Gasteiger partial charge in [0.05, 0.1) is 6.04 Å². The maximum Gasteiger partial charge on any atom is 0.0519 e. The first-order valence-electron chi connectivity index (χ1n) is 6.65. The second-order valence-corrected chi connectivity index (χ2v) is 5.23. The van der Waals surface area contributed by atoms with Gasteiger partial charge in [0, 0.05) is 5.69 Å². The third-order valence-electron chi connectivity index (χ3n) is 3.98. The zero-order chi connectivity index (χ0) is 12.5. The van der Waals surface area contributed by atoms with E-state index >= 15 is 0 Å². The molecule has 0 saturated carbocycles. The Balaban J connectivity index is 1.84. The van der Waals surface area contributed by atoms with Crippen molar-refractivity contribution in [2.24, 2.45) is 0 Å². The number of anilines is 1. The van der Waals surface area contributed by atoms with Crippen LogP contribution in [0.15, 0.2) is 42.5 Å². The zero-order valence-electron chi connectivity index (χ0n) is 11.0. The smallest absolute Gasteiger partial charge is 0.0519 e. The van der Waals surface area contributed by atoms with Crippen LogP contribution in [0.3, 0.4) is 0 Å². The van der Waals surface area contributed by atoms with Gasteiger partial charge in [-0.25, -0.2) is 0 Å². The maximum absolute atomic E-state index is 3.67. The molecule has 1 heteroatoms. The van der Waals surface area contributed by atoms with E-state index in [1.165, 1.54) is 40.8 Å².